The Bertz CT molecular complexity index is 1670. The number of ether oxygens (including phenoxy) is 2. The lowest BCUT2D eigenvalue weighted by Gasteiger charge is -2.26. The van der Waals surface area contributed by atoms with E-state index < -0.39 is 12.0 Å². The summed E-state index contributed by atoms with van der Waals surface area (Å²) in [6.07, 6.45) is 1.71. The average molecular weight is 513 g/mol. The monoisotopic (exact) mass is 512 g/mol. The number of carbonyl (C=O) groups is 1. The zero-order valence-electron chi connectivity index (χ0n) is 20.3. The van der Waals surface area contributed by atoms with Gasteiger partial charge in [0.15, 0.2) is 4.80 Å². The van der Waals surface area contributed by atoms with E-state index in [4.69, 9.17) is 14.5 Å². The van der Waals surface area contributed by atoms with Crippen molar-refractivity contribution in [2.45, 2.75) is 13.0 Å². The standard InChI is InChI=1S/C29H24N2O5S/c1-3-36-28(34)24-25(19-9-5-4-6-10-19)30-29-31(26(24)20-12-14-22(35-2)15-13-20)27(33)23(37-29)17-18-8-7-11-21(32)16-18/h4-17,26,32H,3H2,1-2H3/b23-17-/t26-/m0/s1. The van der Waals surface area contributed by atoms with Gasteiger partial charge in [-0.05, 0) is 48.4 Å². The van der Waals surface area contributed by atoms with E-state index in [0.717, 1.165) is 11.1 Å². The largest absolute Gasteiger partial charge is 0.508 e. The Kier molecular flexibility index (Phi) is 6.74. The predicted octanol–water partition coefficient (Wildman–Crippen LogP) is 3.65. The van der Waals surface area contributed by atoms with Crippen LogP contribution in [-0.2, 0) is 9.53 Å². The molecule has 1 aromatic heterocycles. The molecular formula is C29H24N2O5S. The average Bonchev–Trinajstić information content (AvgIpc) is 3.22. The zero-order chi connectivity index (χ0) is 25.9. The van der Waals surface area contributed by atoms with Crippen molar-refractivity contribution in [2.75, 3.05) is 13.7 Å². The first-order valence-electron chi connectivity index (χ1n) is 11.7. The van der Waals surface area contributed by atoms with Gasteiger partial charge in [0.05, 0.1) is 35.6 Å². The lowest BCUT2D eigenvalue weighted by molar-refractivity contribution is -0.138. The Morgan fingerprint density at radius 2 is 1.84 bits per heavy atom. The van der Waals surface area contributed by atoms with Gasteiger partial charge >= 0.3 is 5.97 Å². The van der Waals surface area contributed by atoms with Crippen molar-refractivity contribution in [1.82, 2.24) is 4.57 Å². The van der Waals surface area contributed by atoms with E-state index in [1.54, 1.807) is 61.1 Å². The molecule has 0 amide bonds. The van der Waals surface area contributed by atoms with Gasteiger partial charge in [-0.25, -0.2) is 9.79 Å². The Morgan fingerprint density at radius 1 is 1.08 bits per heavy atom. The highest BCUT2D eigenvalue weighted by Gasteiger charge is 2.35. The van der Waals surface area contributed by atoms with E-state index in [1.165, 1.54) is 11.3 Å². The topological polar surface area (TPSA) is 90.1 Å². The van der Waals surface area contributed by atoms with Crippen molar-refractivity contribution < 1.29 is 19.4 Å². The van der Waals surface area contributed by atoms with Crippen molar-refractivity contribution in [3.63, 3.8) is 0 Å². The maximum absolute atomic E-state index is 13.8. The quantitative estimate of drug-likeness (QED) is 0.399. The third kappa shape index (κ3) is 4.71. The van der Waals surface area contributed by atoms with Crippen LogP contribution in [0.25, 0.3) is 11.8 Å². The van der Waals surface area contributed by atoms with Crippen molar-refractivity contribution in [2.24, 2.45) is 4.99 Å². The summed E-state index contributed by atoms with van der Waals surface area (Å²) in [7, 11) is 1.58. The minimum absolute atomic E-state index is 0.105. The van der Waals surface area contributed by atoms with Gasteiger partial charge < -0.3 is 14.6 Å². The zero-order valence-corrected chi connectivity index (χ0v) is 21.1. The molecule has 0 aliphatic carbocycles. The number of phenolic OH excluding ortho intramolecular Hbond substituents is 1. The fraction of sp³-hybridized carbons (Fsp3) is 0.138. The second-order valence-electron chi connectivity index (χ2n) is 8.30. The predicted molar refractivity (Wildman–Crippen MR) is 142 cm³/mol. The highest BCUT2D eigenvalue weighted by molar-refractivity contribution is 7.07. The summed E-state index contributed by atoms with van der Waals surface area (Å²) >= 11 is 1.23. The van der Waals surface area contributed by atoms with E-state index >= 15 is 0 Å². The van der Waals surface area contributed by atoms with Crippen LogP contribution >= 0.6 is 11.3 Å². The molecular weight excluding hydrogens is 488 g/mol. The Balaban J connectivity index is 1.82. The number of benzene rings is 3. The summed E-state index contributed by atoms with van der Waals surface area (Å²) in [6.45, 7) is 1.93. The number of nitrogens with zero attached hydrogens (tertiary/aromatic N) is 2. The second-order valence-corrected chi connectivity index (χ2v) is 9.31. The molecule has 1 atom stereocenters. The molecule has 2 heterocycles. The molecule has 0 saturated heterocycles. The van der Waals surface area contributed by atoms with Crippen LogP contribution < -0.4 is 19.6 Å². The summed E-state index contributed by atoms with van der Waals surface area (Å²) < 4.78 is 12.8. The van der Waals surface area contributed by atoms with Crippen LogP contribution in [0.2, 0.25) is 0 Å². The summed E-state index contributed by atoms with van der Waals surface area (Å²) in [4.78, 5) is 32.5. The summed E-state index contributed by atoms with van der Waals surface area (Å²) in [5, 5.41) is 9.88. The number of methoxy groups -OCH3 is 1. The van der Waals surface area contributed by atoms with Crippen LogP contribution in [0, 0.1) is 0 Å². The minimum Gasteiger partial charge on any atom is -0.508 e. The van der Waals surface area contributed by atoms with Gasteiger partial charge in [0.2, 0.25) is 0 Å². The molecule has 0 unspecified atom stereocenters. The van der Waals surface area contributed by atoms with E-state index in [-0.39, 0.29) is 23.5 Å². The Morgan fingerprint density at radius 3 is 2.51 bits per heavy atom. The number of hydrogen-bond acceptors (Lipinski definition) is 7. The molecule has 1 aliphatic rings. The lowest BCUT2D eigenvalue weighted by Crippen LogP contribution is -2.40. The number of esters is 1. The molecule has 186 valence electrons. The van der Waals surface area contributed by atoms with Crippen LogP contribution in [0.4, 0.5) is 0 Å². The Hall–Kier alpha value is -4.43. The van der Waals surface area contributed by atoms with Crippen LogP contribution in [0.15, 0.2) is 94.2 Å². The highest BCUT2D eigenvalue weighted by atomic mass is 32.1. The molecule has 1 aliphatic heterocycles. The van der Waals surface area contributed by atoms with Crippen LogP contribution in [0.1, 0.15) is 29.7 Å². The first kappa shape index (κ1) is 24.3. The first-order valence-corrected chi connectivity index (χ1v) is 12.5. The van der Waals surface area contributed by atoms with Gasteiger partial charge in [-0.2, -0.15) is 0 Å². The summed E-state index contributed by atoms with van der Waals surface area (Å²) in [5.41, 5.74) is 2.60. The van der Waals surface area contributed by atoms with E-state index in [1.807, 2.05) is 42.5 Å². The third-order valence-corrected chi connectivity index (χ3v) is 6.96. The van der Waals surface area contributed by atoms with Gasteiger partial charge in [0.1, 0.15) is 11.5 Å². The first-order chi connectivity index (χ1) is 18.0. The molecule has 7 nitrogen and oxygen atoms in total. The van der Waals surface area contributed by atoms with Crippen LogP contribution in [0.3, 0.4) is 0 Å². The number of phenols is 1. The van der Waals surface area contributed by atoms with Gasteiger partial charge in [0.25, 0.3) is 5.56 Å². The molecule has 0 saturated carbocycles. The highest BCUT2D eigenvalue weighted by Crippen LogP contribution is 2.35. The van der Waals surface area contributed by atoms with Crippen molar-refractivity contribution in [1.29, 1.82) is 0 Å². The second kappa shape index (κ2) is 10.3. The van der Waals surface area contributed by atoms with Gasteiger partial charge in [0, 0.05) is 5.56 Å². The number of rotatable bonds is 6. The van der Waals surface area contributed by atoms with E-state index in [9.17, 15) is 14.7 Å². The SMILES string of the molecule is CCOC(=O)C1=C(c2ccccc2)N=c2s/c(=C\c3cccc(O)c3)c(=O)n2[C@H]1c1ccc(OC)cc1. The molecule has 5 rings (SSSR count). The molecule has 0 spiro atoms. The van der Waals surface area contributed by atoms with E-state index in [2.05, 4.69) is 0 Å². The number of carbonyl (C=O) groups excluding carboxylic acids is 1. The molecule has 0 fully saturated rings. The number of fused-ring (bicyclic) bond motifs is 1. The summed E-state index contributed by atoms with van der Waals surface area (Å²) in [6, 6.07) is 22.6. The molecule has 0 radical (unpaired) electrons. The minimum atomic E-state index is -0.761. The fourth-order valence-corrected chi connectivity index (χ4v) is 5.31. The van der Waals surface area contributed by atoms with Gasteiger partial charge in [-0.1, -0.05) is 65.9 Å². The molecule has 37 heavy (non-hydrogen) atoms. The molecule has 3 aromatic carbocycles. The summed E-state index contributed by atoms with van der Waals surface area (Å²) in [5.74, 6) is 0.228. The fourth-order valence-electron chi connectivity index (χ4n) is 4.31. The van der Waals surface area contributed by atoms with Crippen molar-refractivity contribution >= 4 is 29.1 Å². The number of thiazole rings is 1. The number of aromatic nitrogens is 1. The molecule has 0 bridgehead atoms. The van der Waals surface area contributed by atoms with Gasteiger partial charge in [-0.3, -0.25) is 9.36 Å². The Labute approximate surface area is 216 Å². The maximum Gasteiger partial charge on any atom is 0.338 e. The molecule has 8 heteroatoms. The smallest absolute Gasteiger partial charge is 0.338 e. The van der Waals surface area contributed by atoms with Crippen molar-refractivity contribution in [3.8, 4) is 11.5 Å². The van der Waals surface area contributed by atoms with E-state index in [0.29, 0.717) is 26.3 Å². The molecule has 4 aromatic rings. The van der Waals surface area contributed by atoms with Crippen LogP contribution in [0.5, 0.6) is 11.5 Å². The van der Waals surface area contributed by atoms with Crippen molar-refractivity contribution in [3.05, 3.63) is 121 Å². The maximum atomic E-state index is 13.8. The lowest BCUT2D eigenvalue weighted by atomic mass is 9.93. The molecule has 1 N–H and O–H groups in total. The van der Waals surface area contributed by atoms with Gasteiger partial charge in [-0.15, -0.1) is 0 Å². The normalized spacial score (nSPS) is 15.2. The number of hydrogen-bond donors (Lipinski definition) is 1. The number of aromatic hydroxyl groups is 1. The third-order valence-electron chi connectivity index (χ3n) is 5.97. The van der Waals surface area contributed by atoms with Crippen LogP contribution in [-0.4, -0.2) is 29.4 Å².